The van der Waals surface area contributed by atoms with E-state index in [1.54, 1.807) is 12.1 Å². The van der Waals surface area contributed by atoms with Crippen molar-refractivity contribution in [3.63, 3.8) is 0 Å². The molecule has 0 atom stereocenters. The monoisotopic (exact) mass is 445 g/mol. The van der Waals surface area contributed by atoms with Crippen molar-refractivity contribution in [2.45, 2.75) is 13.3 Å². The lowest BCUT2D eigenvalue weighted by molar-refractivity contribution is 0.160. The highest BCUT2D eigenvalue weighted by molar-refractivity contribution is 6.02. The number of rotatable bonds is 3. The van der Waals surface area contributed by atoms with Crippen LogP contribution in [0.2, 0.25) is 0 Å². The highest BCUT2D eigenvalue weighted by atomic mass is 19.1. The van der Waals surface area contributed by atoms with Gasteiger partial charge in [0.05, 0.1) is 49.6 Å². The molecule has 0 amide bonds. The predicted octanol–water partition coefficient (Wildman–Crippen LogP) is 3.76. The highest BCUT2D eigenvalue weighted by Crippen LogP contribution is 2.36. The minimum Gasteiger partial charge on any atom is -0.491 e. The zero-order valence-corrected chi connectivity index (χ0v) is 18.4. The number of fused-ring (bicyclic) bond motifs is 2. The molecule has 0 unspecified atom stereocenters. The maximum Gasteiger partial charge on any atom is 0.185 e. The molecule has 0 bridgehead atoms. The first-order valence-corrected chi connectivity index (χ1v) is 11.2. The first-order chi connectivity index (χ1) is 16.2. The number of ether oxygens (including phenoxy) is 2. The van der Waals surface area contributed by atoms with Gasteiger partial charge in [0.25, 0.3) is 0 Å². The Morgan fingerprint density at radius 2 is 1.88 bits per heavy atom. The van der Waals surface area contributed by atoms with Gasteiger partial charge in [-0.2, -0.15) is 0 Å². The number of hydrazine groups is 1. The Kier molecular flexibility index (Phi) is 4.78. The van der Waals surface area contributed by atoms with Gasteiger partial charge in [-0.25, -0.2) is 9.37 Å². The summed E-state index contributed by atoms with van der Waals surface area (Å²) in [6.07, 6.45) is 6.72. The summed E-state index contributed by atoms with van der Waals surface area (Å²) in [6.45, 7) is 5.25. The smallest absolute Gasteiger partial charge is 0.185 e. The van der Waals surface area contributed by atoms with Crippen LogP contribution >= 0.6 is 0 Å². The molecule has 0 spiro atoms. The first kappa shape index (κ1) is 19.8. The Hall–Kier alpha value is -3.81. The van der Waals surface area contributed by atoms with Gasteiger partial charge in [0.15, 0.2) is 11.6 Å². The number of aliphatic imine (C=N–C) groups is 1. The van der Waals surface area contributed by atoms with Crippen LogP contribution in [0.15, 0.2) is 59.7 Å². The fraction of sp³-hybridized carbons (Fsp3) is 0.280. The topological polar surface area (TPSA) is 55.1 Å². The van der Waals surface area contributed by atoms with E-state index in [1.165, 1.54) is 17.7 Å². The molecule has 8 heteroatoms. The minimum absolute atomic E-state index is 0.238. The summed E-state index contributed by atoms with van der Waals surface area (Å²) < 4.78 is 27.5. The number of hydrogen-bond donors (Lipinski definition) is 0. The maximum absolute atomic E-state index is 13.4. The molecule has 3 aromatic rings. The van der Waals surface area contributed by atoms with Gasteiger partial charge in [-0.3, -0.25) is 15.0 Å². The number of aryl methyl sites for hydroxylation is 1. The SMILES string of the molecule is Cc1cn(-c2ccc(/C=C3\OCCN4C3=NCCN4c3ccc(F)cc3)c3c2OCC3)cn1. The molecule has 1 aromatic heterocycles. The van der Waals surface area contributed by atoms with Gasteiger partial charge < -0.3 is 14.0 Å². The summed E-state index contributed by atoms with van der Waals surface area (Å²) in [4.78, 5) is 9.12. The van der Waals surface area contributed by atoms with E-state index in [4.69, 9.17) is 14.5 Å². The second-order valence-electron chi connectivity index (χ2n) is 8.29. The Morgan fingerprint density at radius 1 is 1.00 bits per heavy atom. The molecule has 3 aliphatic heterocycles. The van der Waals surface area contributed by atoms with Crippen LogP contribution < -0.4 is 9.75 Å². The number of anilines is 1. The molecule has 6 rings (SSSR count). The van der Waals surface area contributed by atoms with Crippen LogP contribution in [0.3, 0.4) is 0 Å². The van der Waals surface area contributed by atoms with Crippen molar-refractivity contribution >= 4 is 17.6 Å². The van der Waals surface area contributed by atoms with Gasteiger partial charge in [0.2, 0.25) is 0 Å². The lowest BCUT2D eigenvalue weighted by atomic mass is 10.0. The minimum atomic E-state index is -0.238. The number of aromatic nitrogens is 2. The number of morpholine rings is 1. The van der Waals surface area contributed by atoms with Gasteiger partial charge in [0.1, 0.15) is 18.2 Å². The molecule has 33 heavy (non-hydrogen) atoms. The van der Waals surface area contributed by atoms with Crippen LogP contribution in [-0.2, 0) is 11.2 Å². The number of hydrogen-bond acceptors (Lipinski definition) is 6. The predicted molar refractivity (Wildman–Crippen MR) is 124 cm³/mol. The second-order valence-corrected chi connectivity index (χ2v) is 8.29. The van der Waals surface area contributed by atoms with Crippen molar-refractivity contribution in [1.82, 2.24) is 14.6 Å². The highest BCUT2D eigenvalue weighted by Gasteiger charge is 2.31. The van der Waals surface area contributed by atoms with E-state index in [-0.39, 0.29) is 5.82 Å². The molecule has 0 radical (unpaired) electrons. The van der Waals surface area contributed by atoms with E-state index in [0.717, 1.165) is 52.9 Å². The van der Waals surface area contributed by atoms with E-state index in [0.29, 0.717) is 26.3 Å². The third-order valence-electron chi connectivity index (χ3n) is 6.17. The fourth-order valence-corrected chi connectivity index (χ4v) is 4.63. The van der Waals surface area contributed by atoms with Crippen molar-refractivity contribution < 1.29 is 13.9 Å². The van der Waals surface area contributed by atoms with Gasteiger partial charge in [0, 0.05) is 18.2 Å². The van der Waals surface area contributed by atoms with Crippen molar-refractivity contribution in [2.24, 2.45) is 4.99 Å². The molecule has 0 N–H and O–H groups in total. The largest absolute Gasteiger partial charge is 0.491 e. The van der Waals surface area contributed by atoms with Crippen molar-refractivity contribution in [3.8, 4) is 11.4 Å². The van der Waals surface area contributed by atoms with Crippen molar-refractivity contribution in [1.29, 1.82) is 0 Å². The second kappa shape index (κ2) is 7.95. The van der Waals surface area contributed by atoms with Crippen LogP contribution in [0.25, 0.3) is 11.8 Å². The number of amidine groups is 1. The zero-order valence-electron chi connectivity index (χ0n) is 18.4. The average Bonchev–Trinajstić information content (AvgIpc) is 3.49. The normalized spacial score (nSPS) is 18.5. The molecular weight excluding hydrogens is 421 g/mol. The van der Waals surface area contributed by atoms with Crippen molar-refractivity contribution in [3.05, 3.63) is 77.3 Å². The van der Waals surface area contributed by atoms with E-state index in [1.807, 2.05) is 24.0 Å². The Bertz CT molecular complexity index is 1260. The molecule has 4 heterocycles. The summed E-state index contributed by atoms with van der Waals surface area (Å²) in [5, 5.41) is 4.28. The summed E-state index contributed by atoms with van der Waals surface area (Å²) in [5.74, 6) is 2.21. The summed E-state index contributed by atoms with van der Waals surface area (Å²) in [6, 6.07) is 10.8. The van der Waals surface area contributed by atoms with Crippen LogP contribution in [0.1, 0.15) is 16.8 Å². The molecule has 1 fully saturated rings. The first-order valence-electron chi connectivity index (χ1n) is 11.2. The molecule has 1 saturated heterocycles. The molecule has 3 aliphatic rings. The Balaban J connectivity index is 1.35. The molecule has 0 saturated carbocycles. The van der Waals surface area contributed by atoms with E-state index in [2.05, 4.69) is 33.2 Å². The van der Waals surface area contributed by atoms with Crippen LogP contribution in [0, 0.1) is 12.7 Å². The van der Waals surface area contributed by atoms with E-state index in [9.17, 15) is 4.39 Å². The third-order valence-corrected chi connectivity index (χ3v) is 6.17. The Morgan fingerprint density at radius 3 is 2.70 bits per heavy atom. The molecule has 0 aliphatic carbocycles. The molecule has 7 nitrogen and oxygen atoms in total. The standard InChI is InChI=1S/C25H24FN5O2/c1-17-15-29(16-28-17)22-7-2-18(21-8-12-33-24(21)22)14-23-25-27-9-10-30(31(25)11-13-32-23)20-5-3-19(26)4-6-20/h2-7,14-16H,8-13H2,1H3/b23-14-. The average molecular weight is 445 g/mol. The number of halogens is 1. The molecule has 168 valence electrons. The summed E-state index contributed by atoms with van der Waals surface area (Å²) in [5.41, 5.74) is 5.14. The lowest BCUT2D eigenvalue weighted by Crippen LogP contribution is -2.55. The summed E-state index contributed by atoms with van der Waals surface area (Å²) >= 11 is 0. The van der Waals surface area contributed by atoms with Crippen LogP contribution in [0.4, 0.5) is 10.1 Å². The molecule has 2 aromatic carbocycles. The van der Waals surface area contributed by atoms with E-state index >= 15 is 0 Å². The van der Waals surface area contributed by atoms with Crippen molar-refractivity contribution in [2.75, 3.05) is 37.9 Å². The lowest BCUT2D eigenvalue weighted by Gasteiger charge is -2.43. The zero-order chi connectivity index (χ0) is 22.4. The van der Waals surface area contributed by atoms with Gasteiger partial charge in [-0.15, -0.1) is 0 Å². The Labute approximate surface area is 191 Å². The number of benzene rings is 2. The van der Waals surface area contributed by atoms with Gasteiger partial charge in [-0.05, 0) is 48.9 Å². The van der Waals surface area contributed by atoms with Gasteiger partial charge in [-0.1, -0.05) is 6.07 Å². The summed E-state index contributed by atoms with van der Waals surface area (Å²) in [7, 11) is 0. The van der Waals surface area contributed by atoms with E-state index < -0.39 is 0 Å². The number of nitrogens with zero attached hydrogens (tertiary/aromatic N) is 5. The quantitative estimate of drug-likeness (QED) is 0.615. The third kappa shape index (κ3) is 3.51. The van der Waals surface area contributed by atoms with Crippen LogP contribution in [-0.4, -0.2) is 53.2 Å². The maximum atomic E-state index is 13.4. The van der Waals surface area contributed by atoms with Crippen LogP contribution in [0.5, 0.6) is 5.75 Å². The number of imidazole rings is 1. The fourth-order valence-electron chi connectivity index (χ4n) is 4.63. The molecular formula is C25H24FN5O2. The van der Waals surface area contributed by atoms with Gasteiger partial charge >= 0.3 is 0 Å².